The molecule has 34 heavy (non-hydrogen) atoms. The Labute approximate surface area is 205 Å². The number of sulfonamides is 1. The summed E-state index contributed by atoms with van der Waals surface area (Å²) in [5.41, 5.74) is 1.38. The molecular formula is C27H39N3O3S. The topological polar surface area (TPSA) is 78.5 Å². The normalized spacial score (nSPS) is 15.9. The molecule has 7 heteroatoms. The van der Waals surface area contributed by atoms with E-state index in [0.717, 1.165) is 43.0 Å². The van der Waals surface area contributed by atoms with Crippen LogP contribution in [-0.4, -0.2) is 52.5 Å². The maximum atomic E-state index is 12.5. The summed E-state index contributed by atoms with van der Waals surface area (Å²) in [5, 5.41) is 4.84. The second kappa shape index (κ2) is 14.0. The van der Waals surface area contributed by atoms with Crippen LogP contribution in [0.4, 0.5) is 0 Å². The zero-order valence-corrected chi connectivity index (χ0v) is 21.7. The van der Waals surface area contributed by atoms with Crippen molar-refractivity contribution in [2.24, 2.45) is 0 Å². The number of hydrogen-bond acceptors (Lipinski definition) is 4. The van der Waals surface area contributed by atoms with Crippen molar-refractivity contribution in [2.75, 3.05) is 27.2 Å². The lowest BCUT2D eigenvalue weighted by atomic mass is 10.1. The molecule has 2 N–H and O–H groups in total. The van der Waals surface area contributed by atoms with E-state index in [1.165, 1.54) is 5.57 Å². The van der Waals surface area contributed by atoms with Gasteiger partial charge in [-0.15, -0.1) is 0 Å². The van der Waals surface area contributed by atoms with E-state index in [2.05, 4.69) is 40.1 Å². The van der Waals surface area contributed by atoms with Gasteiger partial charge in [-0.05, 0) is 69.6 Å². The van der Waals surface area contributed by atoms with Gasteiger partial charge in [0.1, 0.15) is 0 Å². The lowest BCUT2D eigenvalue weighted by molar-refractivity contribution is -0.121. The van der Waals surface area contributed by atoms with Crippen molar-refractivity contribution < 1.29 is 13.2 Å². The van der Waals surface area contributed by atoms with Gasteiger partial charge in [-0.25, -0.2) is 13.1 Å². The molecule has 2 aromatic rings. The summed E-state index contributed by atoms with van der Waals surface area (Å²) in [6.45, 7) is 5.23. The van der Waals surface area contributed by atoms with Crippen molar-refractivity contribution in [3.8, 4) is 0 Å². The second-order valence-corrected chi connectivity index (χ2v) is 10.5. The number of nitrogens with zero attached hydrogens (tertiary/aromatic N) is 1. The molecule has 2 aromatic carbocycles. The Hall–Kier alpha value is -2.48. The van der Waals surface area contributed by atoms with Crippen molar-refractivity contribution in [1.82, 2.24) is 14.9 Å². The number of nitrogens with one attached hydrogen (secondary N) is 2. The number of carbonyl (C=O) groups is 1. The maximum Gasteiger partial charge on any atom is 0.240 e. The Balaban J connectivity index is 0.000000739. The van der Waals surface area contributed by atoms with Crippen molar-refractivity contribution in [1.29, 1.82) is 0 Å². The molecule has 186 valence electrons. The first-order valence-corrected chi connectivity index (χ1v) is 13.5. The lowest BCUT2D eigenvalue weighted by Gasteiger charge is -2.11. The van der Waals surface area contributed by atoms with E-state index in [1.54, 1.807) is 18.2 Å². The van der Waals surface area contributed by atoms with Gasteiger partial charge in [0.05, 0.1) is 4.90 Å². The minimum Gasteiger partial charge on any atom is -0.350 e. The van der Waals surface area contributed by atoms with Crippen LogP contribution in [0.1, 0.15) is 46.0 Å². The second-order valence-electron chi connectivity index (χ2n) is 8.72. The number of carbonyl (C=O) groups excluding carboxylic acids is 1. The van der Waals surface area contributed by atoms with Crippen LogP contribution in [0.25, 0.3) is 10.8 Å². The maximum absolute atomic E-state index is 12.5. The van der Waals surface area contributed by atoms with Gasteiger partial charge in [-0.1, -0.05) is 61.1 Å². The molecule has 1 aliphatic rings. The van der Waals surface area contributed by atoms with E-state index in [-0.39, 0.29) is 29.8 Å². The minimum absolute atomic E-state index is 0.0526. The summed E-state index contributed by atoms with van der Waals surface area (Å²) in [7, 11) is 0.453. The average Bonchev–Trinajstić information content (AvgIpc) is 3.25. The Morgan fingerprint density at radius 3 is 2.53 bits per heavy atom. The first-order chi connectivity index (χ1) is 16.2. The van der Waals surface area contributed by atoms with Crippen LogP contribution < -0.4 is 10.0 Å². The highest BCUT2D eigenvalue weighted by atomic mass is 32.2. The molecule has 0 aliphatic heterocycles. The highest BCUT2D eigenvalue weighted by Gasteiger charge is 2.19. The Morgan fingerprint density at radius 2 is 1.88 bits per heavy atom. The molecule has 6 nitrogen and oxygen atoms in total. The molecule has 0 saturated heterocycles. The fourth-order valence-electron chi connectivity index (χ4n) is 3.71. The molecular weight excluding hydrogens is 446 g/mol. The summed E-state index contributed by atoms with van der Waals surface area (Å²) < 4.78 is 27.6. The predicted octanol–water partition coefficient (Wildman–Crippen LogP) is 4.64. The third kappa shape index (κ3) is 9.41. The molecule has 1 unspecified atom stereocenters. The van der Waals surface area contributed by atoms with Crippen molar-refractivity contribution in [3.05, 3.63) is 66.3 Å². The summed E-state index contributed by atoms with van der Waals surface area (Å²) in [6.07, 6.45) is 10.5. The number of fused-ring (bicyclic) bond motifs is 1. The van der Waals surface area contributed by atoms with Crippen molar-refractivity contribution in [3.63, 3.8) is 0 Å². The third-order valence-corrected chi connectivity index (χ3v) is 7.05. The highest BCUT2D eigenvalue weighted by Crippen LogP contribution is 2.22. The number of amides is 1. The molecule has 0 spiro atoms. The smallest absolute Gasteiger partial charge is 0.240 e. The summed E-state index contributed by atoms with van der Waals surface area (Å²) >= 11 is 0. The van der Waals surface area contributed by atoms with Gasteiger partial charge < -0.3 is 10.2 Å². The molecule has 0 heterocycles. The molecule has 0 fully saturated rings. The first-order valence-electron chi connectivity index (χ1n) is 12.0. The predicted molar refractivity (Wildman–Crippen MR) is 141 cm³/mol. The van der Waals surface area contributed by atoms with Gasteiger partial charge in [0.25, 0.3) is 0 Å². The fourth-order valence-corrected chi connectivity index (χ4v) is 4.78. The molecule has 1 aliphatic carbocycles. The molecule has 0 saturated carbocycles. The van der Waals surface area contributed by atoms with E-state index in [9.17, 15) is 13.2 Å². The number of allylic oxidation sites excluding steroid dienone is 2. The number of hydrogen-bond donors (Lipinski definition) is 2. The quantitative estimate of drug-likeness (QED) is 0.481. The summed E-state index contributed by atoms with van der Waals surface area (Å²) in [5.74, 6) is -0.138. The monoisotopic (exact) mass is 485 g/mol. The largest absolute Gasteiger partial charge is 0.350 e. The molecule has 0 bridgehead atoms. The van der Waals surface area contributed by atoms with Crippen LogP contribution in [0, 0.1) is 0 Å². The van der Waals surface area contributed by atoms with Gasteiger partial charge in [0, 0.05) is 25.6 Å². The van der Waals surface area contributed by atoms with Crippen LogP contribution in [0.15, 0.2) is 71.2 Å². The SMILES string of the molecule is C/C=C\CC.CN(C)CCC1=CC(NC(=O)CCNS(=O)(=O)c2ccc3ccccc3c2)CC1. The van der Waals surface area contributed by atoms with Gasteiger partial charge in [0.2, 0.25) is 15.9 Å². The van der Waals surface area contributed by atoms with Crippen LogP contribution >= 0.6 is 0 Å². The molecule has 0 radical (unpaired) electrons. The molecule has 1 atom stereocenters. The first kappa shape index (κ1) is 27.8. The van der Waals surface area contributed by atoms with Crippen molar-refractivity contribution >= 4 is 26.7 Å². The van der Waals surface area contributed by atoms with Crippen LogP contribution in [0.3, 0.4) is 0 Å². The van der Waals surface area contributed by atoms with E-state index < -0.39 is 10.0 Å². The highest BCUT2D eigenvalue weighted by molar-refractivity contribution is 7.89. The van der Waals surface area contributed by atoms with Gasteiger partial charge >= 0.3 is 0 Å². The average molecular weight is 486 g/mol. The van der Waals surface area contributed by atoms with Crippen LogP contribution in [0.2, 0.25) is 0 Å². The standard InChI is InChI=1S/C22H29N3O3S.C5H10/c1-25(2)14-12-17-7-9-20(15-17)24-22(26)11-13-23-29(27,28)21-10-8-18-5-3-4-6-19(18)16-21;1-3-5-4-2/h3-6,8,10,15-16,20,23H,7,9,11-14H2,1-2H3,(H,24,26);3,5H,4H2,1-2H3/b;5-3-. The number of benzene rings is 2. The molecule has 0 aromatic heterocycles. The molecule has 1 amide bonds. The fraction of sp³-hybridized carbons (Fsp3) is 0.444. The Morgan fingerprint density at radius 1 is 1.15 bits per heavy atom. The minimum atomic E-state index is -3.65. The van der Waals surface area contributed by atoms with Crippen LogP contribution in [-0.2, 0) is 14.8 Å². The van der Waals surface area contributed by atoms with Gasteiger partial charge in [-0.2, -0.15) is 0 Å². The van der Waals surface area contributed by atoms with E-state index >= 15 is 0 Å². The summed E-state index contributed by atoms with van der Waals surface area (Å²) in [6, 6.07) is 12.7. The van der Waals surface area contributed by atoms with Crippen molar-refractivity contribution in [2.45, 2.75) is 56.9 Å². The zero-order valence-electron chi connectivity index (χ0n) is 20.9. The van der Waals surface area contributed by atoms with E-state index in [1.807, 2.05) is 45.3 Å². The lowest BCUT2D eigenvalue weighted by Crippen LogP contribution is -2.35. The summed E-state index contributed by atoms with van der Waals surface area (Å²) in [4.78, 5) is 14.5. The Kier molecular flexibility index (Phi) is 11.5. The Bertz CT molecular complexity index is 1090. The zero-order chi connectivity index (χ0) is 25.0. The van der Waals surface area contributed by atoms with Gasteiger partial charge in [0.15, 0.2) is 0 Å². The van der Waals surface area contributed by atoms with Crippen LogP contribution in [0.5, 0.6) is 0 Å². The van der Waals surface area contributed by atoms with Gasteiger partial charge in [-0.3, -0.25) is 4.79 Å². The molecule has 3 rings (SSSR count). The van der Waals surface area contributed by atoms with E-state index in [4.69, 9.17) is 0 Å². The number of rotatable bonds is 10. The van der Waals surface area contributed by atoms with E-state index in [0.29, 0.717) is 0 Å². The third-order valence-electron chi connectivity index (χ3n) is 5.59.